The summed E-state index contributed by atoms with van der Waals surface area (Å²) in [6.07, 6.45) is 4.83. The number of aromatic nitrogens is 3. The zero-order chi connectivity index (χ0) is 25.6. The van der Waals surface area contributed by atoms with Crippen LogP contribution in [0.4, 0.5) is 0 Å². The number of amides is 3. The molecule has 8 aliphatic rings. The Labute approximate surface area is 227 Å². The molecule has 194 valence electrons. The molecule has 0 saturated heterocycles. The van der Waals surface area contributed by atoms with Gasteiger partial charge in [-0.05, 0) is 59.0 Å². The summed E-state index contributed by atoms with van der Waals surface area (Å²) in [5, 5.41) is 13.2. The smallest absolute Gasteiger partial charge is 0.270 e. The van der Waals surface area contributed by atoms with E-state index in [1.165, 1.54) is 10.6 Å². The number of carbonyl (C=O) groups excluding carboxylic acids is 3. The number of nitrogens with zero attached hydrogens (tertiary/aromatic N) is 3. The number of hydrogen-bond acceptors (Lipinski definition) is 6. The second-order valence-corrected chi connectivity index (χ2v) is 14.3. The van der Waals surface area contributed by atoms with Gasteiger partial charge in [0.05, 0.1) is 11.9 Å². The third kappa shape index (κ3) is 2.22. The summed E-state index contributed by atoms with van der Waals surface area (Å²) in [6.45, 7) is 1.08. The minimum absolute atomic E-state index is 0.0417. The number of rotatable bonds is 7. The van der Waals surface area contributed by atoms with Crippen molar-refractivity contribution in [2.24, 2.45) is 40.9 Å². The first-order valence-corrected chi connectivity index (χ1v) is 15.8. The number of nitrogens with one attached hydrogen (secondary N) is 3. The van der Waals surface area contributed by atoms with E-state index in [1.807, 2.05) is 6.08 Å². The number of allylic oxidation sites excluding steroid dienone is 2. The minimum atomic E-state index is -0.365. The molecule has 0 radical (unpaired) electrons. The fourth-order valence-corrected chi connectivity index (χ4v) is 13.4. The molecule has 10 rings (SSSR count). The number of fused-ring (bicyclic) bond motifs is 1. The molecule has 38 heavy (non-hydrogen) atoms. The van der Waals surface area contributed by atoms with E-state index in [2.05, 4.69) is 30.5 Å². The van der Waals surface area contributed by atoms with E-state index in [-0.39, 0.29) is 50.8 Å². The third-order valence-corrected chi connectivity index (χ3v) is 14.3. The molecule has 1 aliphatic heterocycles. The molecular weight excluding hydrogens is 599 g/mol. The molecule has 10 nitrogen and oxygen atoms in total. The predicted octanol–water partition coefficient (Wildman–Crippen LogP) is 1.16. The average Bonchev–Trinajstić information content (AvgIpc) is 3.42. The van der Waals surface area contributed by atoms with Crippen LogP contribution in [0.3, 0.4) is 0 Å². The molecule has 3 amide bonds. The van der Waals surface area contributed by atoms with Crippen molar-refractivity contribution < 1.29 is 19.1 Å². The van der Waals surface area contributed by atoms with Crippen LogP contribution in [0, 0.1) is 40.9 Å². The molecule has 0 aromatic carbocycles. The maximum absolute atomic E-state index is 13.4. The van der Waals surface area contributed by atoms with Crippen LogP contribution in [0.1, 0.15) is 33.8 Å². The zero-order valence-electron chi connectivity index (χ0n) is 20.4. The first-order chi connectivity index (χ1) is 18.5. The van der Waals surface area contributed by atoms with Crippen LogP contribution in [0.15, 0.2) is 41.4 Å². The van der Waals surface area contributed by atoms with Gasteiger partial charge in [-0.2, -0.15) is 5.10 Å². The van der Waals surface area contributed by atoms with Gasteiger partial charge in [0.2, 0.25) is 0 Å². The van der Waals surface area contributed by atoms with Gasteiger partial charge in [0, 0.05) is 35.1 Å². The lowest BCUT2D eigenvalue weighted by molar-refractivity contribution is -0.588. The lowest BCUT2D eigenvalue weighted by Gasteiger charge is -3.11. The highest BCUT2D eigenvalue weighted by atomic mass is 127. The van der Waals surface area contributed by atoms with E-state index in [1.54, 1.807) is 12.3 Å². The Morgan fingerprint density at radius 3 is 2.71 bits per heavy atom. The van der Waals surface area contributed by atoms with Gasteiger partial charge in [-0.25, -0.2) is 9.50 Å². The van der Waals surface area contributed by atoms with Gasteiger partial charge in [-0.1, -0.05) is 4.51 Å². The Balaban J connectivity index is 0.902. The fraction of sp³-hybridized carbons (Fsp3) is 0.481. The summed E-state index contributed by atoms with van der Waals surface area (Å²) >= 11 is 0.0817. The average molecular weight is 624 g/mol. The van der Waals surface area contributed by atoms with Gasteiger partial charge in [0.25, 0.3) is 17.7 Å². The molecule has 0 bridgehead atoms. The fourth-order valence-electron chi connectivity index (χ4n) is 9.54. The van der Waals surface area contributed by atoms with Crippen molar-refractivity contribution in [3.63, 3.8) is 0 Å². The highest BCUT2D eigenvalue weighted by molar-refractivity contribution is 14.2. The third-order valence-electron chi connectivity index (χ3n) is 10.8. The van der Waals surface area contributed by atoms with Gasteiger partial charge in [-0.15, -0.1) is 20.7 Å². The first-order valence-electron chi connectivity index (χ1n) is 13.1. The summed E-state index contributed by atoms with van der Waals surface area (Å²) in [6, 6.07) is 3.22. The van der Waals surface area contributed by atoms with Crippen molar-refractivity contribution in [1.29, 1.82) is 0 Å². The quantitative estimate of drug-likeness (QED) is 0.314. The van der Waals surface area contributed by atoms with E-state index in [0.29, 0.717) is 38.8 Å². The lowest BCUT2D eigenvalue weighted by atomic mass is 8.96. The zero-order valence-corrected chi connectivity index (χ0v) is 22.5. The Hall–Kier alpha value is -3.09. The van der Waals surface area contributed by atoms with Crippen molar-refractivity contribution >= 4 is 48.6 Å². The molecule has 11 heteroatoms. The minimum Gasteiger partial charge on any atom is -0.486 e. The SMILES string of the molecule is C=IC12C3C4C1C1C2C3C41CNC(=O)c1cc(C(=O)NCC2=CC3=C(CC2)OCC(=O)N3)nc2ccnn12. The maximum atomic E-state index is 13.4. The molecule has 6 fully saturated rings. The van der Waals surface area contributed by atoms with E-state index < -0.39 is 0 Å². The van der Waals surface area contributed by atoms with Crippen LogP contribution < -0.4 is 16.0 Å². The van der Waals surface area contributed by atoms with Crippen molar-refractivity contribution in [2.45, 2.75) is 16.3 Å². The molecule has 2 aromatic rings. The second-order valence-electron chi connectivity index (χ2n) is 11.7. The molecule has 2 aromatic heterocycles. The predicted molar refractivity (Wildman–Crippen MR) is 143 cm³/mol. The van der Waals surface area contributed by atoms with Crippen molar-refractivity contribution in [2.75, 3.05) is 19.7 Å². The monoisotopic (exact) mass is 624 g/mol. The number of alkyl halides is 1. The van der Waals surface area contributed by atoms with Crippen molar-refractivity contribution in [3.8, 4) is 0 Å². The van der Waals surface area contributed by atoms with Gasteiger partial charge in [0.15, 0.2) is 12.3 Å². The standard InChI is InChI=1S/C27H25IN6O4/c1-28-27-21-18-22(27)20-23(27)19(21)26(18,20)10-30-25(37)14-7-13(32-16-4-5-31-34(14)16)24(36)29-8-11-2-3-15-12(6-11)33-17(35)9-38-15/h4-7,18-23H,1-3,8-10H2,(H,29,36)(H,30,37)(H,33,35). The second kappa shape index (κ2) is 6.91. The number of carbonyl (C=O) groups is 3. The Morgan fingerprint density at radius 1 is 1.16 bits per heavy atom. The largest absolute Gasteiger partial charge is 0.486 e. The Morgan fingerprint density at radius 2 is 1.95 bits per heavy atom. The van der Waals surface area contributed by atoms with Crippen molar-refractivity contribution in [3.05, 3.63) is 52.8 Å². The molecule has 7 aliphatic carbocycles. The number of hydrogen-bond donors (Lipinski definition) is 3. The topological polar surface area (TPSA) is 127 Å². The van der Waals surface area contributed by atoms with E-state index in [9.17, 15) is 14.4 Å². The molecule has 0 unspecified atom stereocenters. The van der Waals surface area contributed by atoms with Crippen LogP contribution in [0.5, 0.6) is 0 Å². The normalized spacial score (nSPS) is 39.6. The molecule has 3 heterocycles. The lowest BCUT2D eigenvalue weighted by Crippen LogP contribution is -3.12. The molecule has 0 atom stereocenters. The van der Waals surface area contributed by atoms with E-state index in [0.717, 1.165) is 59.8 Å². The first kappa shape index (κ1) is 21.8. The van der Waals surface area contributed by atoms with Gasteiger partial charge in [-0.3, -0.25) is 14.4 Å². The van der Waals surface area contributed by atoms with Crippen LogP contribution >= 0.6 is 20.7 Å². The Kier molecular flexibility index (Phi) is 3.96. The maximum Gasteiger partial charge on any atom is 0.270 e. The summed E-state index contributed by atoms with van der Waals surface area (Å²) in [5.41, 5.74) is 2.92. The van der Waals surface area contributed by atoms with Crippen molar-refractivity contribution in [1.82, 2.24) is 30.5 Å². The summed E-state index contributed by atoms with van der Waals surface area (Å²) in [7, 11) is 0. The van der Waals surface area contributed by atoms with Gasteiger partial charge in [0.1, 0.15) is 17.1 Å². The summed E-state index contributed by atoms with van der Waals surface area (Å²) in [4.78, 5) is 42.5. The van der Waals surface area contributed by atoms with Crippen LogP contribution in [-0.4, -0.2) is 60.0 Å². The van der Waals surface area contributed by atoms with Crippen LogP contribution in [-0.2, 0) is 9.53 Å². The highest BCUT2D eigenvalue weighted by Crippen LogP contribution is 3.09. The number of halogens is 1. The molecule has 0 spiro atoms. The van der Waals surface area contributed by atoms with Gasteiger partial charge < -0.3 is 20.7 Å². The van der Waals surface area contributed by atoms with Gasteiger partial charge >= 0.3 is 0 Å². The molecular formula is C27H25IN6O4. The molecule has 6 saturated carbocycles. The number of ether oxygens (including phenoxy) is 1. The van der Waals surface area contributed by atoms with E-state index >= 15 is 0 Å². The Bertz CT molecular complexity index is 1550. The van der Waals surface area contributed by atoms with E-state index in [4.69, 9.17) is 4.74 Å². The summed E-state index contributed by atoms with van der Waals surface area (Å²) in [5.74, 6) is 5.23. The van der Waals surface area contributed by atoms with Crippen LogP contribution in [0.2, 0.25) is 0 Å². The summed E-state index contributed by atoms with van der Waals surface area (Å²) < 4.78 is 12.0. The highest BCUT2D eigenvalue weighted by Gasteiger charge is 3.09. The van der Waals surface area contributed by atoms with Crippen LogP contribution in [0.25, 0.3) is 5.65 Å². The molecule has 3 N–H and O–H groups in total.